The Morgan fingerprint density at radius 1 is 0.305 bits per heavy atom. The molecule has 0 radical (unpaired) electrons. The van der Waals surface area contributed by atoms with Gasteiger partial charge in [0.1, 0.15) is 0 Å². The van der Waals surface area contributed by atoms with Crippen LogP contribution in [0.25, 0.3) is 88.4 Å². The van der Waals surface area contributed by atoms with Crippen LogP contribution in [0.4, 0.5) is 0 Å². The minimum Gasteiger partial charge on any atom is -0.310 e. The average Bonchev–Trinajstić information content (AvgIpc) is 1.66. The second-order valence-corrected chi connectivity index (χ2v) is 31.4. The highest BCUT2D eigenvalue weighted by atomic mass is 15.1. The molecule has 4 aliphatic rings. The van der Waals surface area contributed by atoms with Crippen LogP contribution < -0.4 is 16.4 Å². The van der Waals surface area contributed by atoms with E-state index in [1.807, 2.05) is 0 Å². The van der Waals surface area contributed by atoms with Gasteiger partial charge in [-0.1, -0.05) is 240 Å². The predicted molar refractivity (Wildman–Crippen MR) is 354 cm³/mol. The molecule has 1 aliphatic carbocycles. The Labute approximate surface area is 487 Å². The molecule has 0 N–H and O–H groups in total. The standard InChI is InChI=1S/C79H79BN2/c1-73(2,3)45-29-27-44(28-30-45)54-35-46(74(4,5)6)31-33-51(54)59-43-63-72-67-71(59)81-66-34-32-47(75(7,8)9)36-55(66)56-38-49(77(13,14)15)41-64(69(56)81)80(67)65-42-50(78(16,17)18)39-58-57-37-48(76(10,11)12)40-62(68(57)82(72)70(58)65)79(63)60-25-21-19-23-52(60)53-24-20-22-26-61(53)79/h19-43H,1-18H3. The lowest BCUT2D eigenvalue weighted by Crippen LogP contribution is -2.61. The van der Waals surface area contributed by atoms with E-state index in [2.05, 4.69) is 285 Å². The lowest BCUT2D eigenvalue weighted by Gasteiger charge is -2.45. The van der Waals surface area contributed by atoms with Gasteiger partial charge in [-0.25, -0.2) is 0 Å². The number of hydrogen-bond acceptors (Lipinski definition) is 0. The summed E-state index contributed by atoms with van der Waals surface area (Å²) in [7, 11) is 0. The van der Waals surface area contributed by atoms with Gasteiger partial charge in [0.15, 0.2) is 0 Å². The molecule has 3 aliphatic heterocycles. The number of aromatic nitrogens is 2. The summed E-state index contributed by atoms with van der Waals surface area (Å²) in [4.78, 5) is 0. The van der Waals surface area contributed by atoms with E-state index in [-0.39, 0.29) is 39.2 Å². The third-order valence-electron chi connectivity index (χ3n) is 20.0. The van der Waals surface area contributed by atoms with Crippen LogP contribution in [0.15, 0.2) is 152 Å². The van der Waals surface area contributed by atoms with Crippen LogP contribution in [0.3, 0.4) is 0 Å². The van der Waals surface area contributed by atoms with Crippen LogP contribution in [0.2, 0.25) is 0 Å². The van der Waals surface area contributed by atoms with Crippen LogP contribution in [0.5, 0.6) is 0 Å². The first kappa shape index (κ1) is 51.5. The zero-order valence-corrected chi connectivity index (χ0v) is 51.9. The Balaban J connectivity index is 1.24. The maximum atomic E-state index is 2.82. The molecule has 0 atom stereocenters. The fraction of sp³-hybridized carbons (Fsp3) is 0.316. The van der Waals surface area contributed by atoms with Crippen LogP contribution in [-0.2, 0) is 37.9 Å². The molecule has 0 amide bonds. The maximum Gasteiger partial charge on any atom is 0.252 e. The van der Waals surface area contributed by atoms with Crippen molar-refractivity contribution in [3.8, 4) is 44.8 Å². The largest absolute Gasteiger partial charge is 0.310 e. The van der Waals surface area contributed by atoms with Crippen molar-refractivity contribution >= 4 is 66.7 Å². The molecule has 9 aromatic carbocycles. The Bertz CT molecular complexity index is 4610. The van der Waals surface area contributed by atoms with E-state index in [1.165, 1.54) is 160 Å². The van der Waals surface area contributed by atoms with Crippen molar-refractivity contribution < 1.29 is 0 Å². The van der Waals surface area contributed by atoms with E-state index in [0.29, 0.717) is 0 Å². The molecule has 11 aromatic rings. The van der Waals surface area contributed by atoms with Crippen molar-refractivity contribution in [2.75, 3.05) is 0 Å². The second-order valence-electron chi connectivity index (χ2n) is 31.4. The number of hydrogen-bond donors (Lipinski definition) is 0. The molecule has 0 bridgehead atoms. The third-order valence-corrected chi connectivity index (χ3v) is 20.0. The number of fused-ring (bicyclic) bond motifs is 14. The van der Waals surface area contributed by atoms with Gasteiger partial charge >= 0.3 is 0 Å². The Morgan fingerprint density at radius 3 is 1.30 bits per heavy atom. The number of rotatable bonds is 2. The minimum atomic E-state index is -0.659. The van der Waals surface area contributed by atoms with E-state index in [9.17, 15) is 0 Å². The van der Waals surface area contributed by atoms with E-state index >= 15 is 0 Å². The highest BCUT2D eigenvalue weighted by Gasteiger charge is 2.55. The first-order chi connectivity index (χ1) is 38.5. The highest BCUT2D eigenvalue weighted by Crippen LogP contribution is 2.63. The van der Waals surface area contributed by atoms with Gasteiger partial charge in [0.05, 0.1) is 22.1 Å². The zero-order chi connectivity index (χ0) is 57.7. The van der Waals surface area contributed by atoms with E-state index < -0.39 is 5.41 Å². The van der Waals surface area contributed by atoms with Crippen molar-refractivity contribution in [3.05, 3.63) is 207 Å². The van der Waals surface area contributed by atoms with Gasteiger partial charge in [-0.3, -0.25) is 0 Å². The number of nitrogens with zero attached hydrogens (tertiary/aromatic N) is 2. The summed E-state index contributed by atoms with van der Waals surface area (Å²) in [6.07, 6.45) is 0. The molecule has 0 saturated carbocycles. The van der Waals surface area contributed by atoms with Gasteiger partial charge in [0, 0.05) is 43.8 Å². The number of benzene rings is 9. The van der Waals surface area contributed by atoms with Crippen LogP contribution in [0, 0.1) is 0 Å². The van der Waals surface area contributed by atoms with Crippen LogP contribution in [-0.4, -0.2) is 15.8 Å². The summed E-state index contributed by atoms with van der Waals surface area (Å²) < 4.78 is 5.61. The molecule has 5 heterocycles. The van der Waals surface area contributed by atoms with E-state index in [1.54, 1.807) is 0 Å². The SMILES string of the molecule is CC(C)(C)c1ccc(-c2cc(C(C)(C)C)ccc2-c2cc3c4c5c2-n2c6ccc(C(C)(C)C)cc6c6cc(C(C)(C)C)cc(c62)B5c2cc(C(C)(C)C)cc5c6cc(C(C)(C)C)cc(c6n-4c25)C32c3ccccc3-c3ccccc32)cc1. The topological polar surface area (TPSA) is 9.86 Å². The zero-order valence-electron chi connectivity index (χ0n) is 51.9. The van der Waals surface area contributed by atoms with Crippen LogP contribution >= 0.6 is 0 Å². The summed E-state index contributed by atoms with van der Waals surface area (Å²) in [6, 6.07) is 62.0. The normalized spacial score (nSPS) is 15.0. The van der Waals surface area contributed by atoms with Crippen LogP contribution in [0.1, 0.15) is 180 Å². The molecule has 2 nitrogen and oxygen atoms in total. The molecule has 2 aromatic heterocycles. The summed E-state index contributed by atoms with van der Waals surface area (Å²) in [5.41, 5.74) is 32.5. The van der Waals surface area contributed by atoms with Crippen molar-refractivity contribution in [2.24, 2.45) is 0 Å². The summed E-state index contributed by atoms with van der Waals surface area (Å²) >= 11 is 0. The smallest absolute Gasteiger partial charge is 0.252 e. The highest BCUT2D eigenvalue weighted by molar-refractivity contribution is 7.00. The van der Waals surface area contributed by atoms with E-state index in [0.717, 1.165) is 0 Å². The van der Waals surface area contributed by atoms with Gasteiger partial charge in [-0.05, 0) is 169 Å². The Hall–Kier alpha value is -7.36. The molecule has 0 unspecified atom stereocenters. The summed E-state index contributed by atoms with van der Waals surface area (Å²) in [6.45, 7) is 42.9. The maximum absolute atomic E-state index is 2.82. The minimum absolute atomic E-state index is 0.0205. The van der Waals surface area contributed by atoms with Gasteiger partial charge in [-0.2, -0.15) is 0 Å². The lowest BCUT2D eigenvalue weighted by atomic mass is 9.33. The first-order valence-corrected chi connectivity index (χ1v) is 30.5. The molecular formula is C79H79BN2. The molecule has 408 valence electrons. The molecular weight excluding hydrogens is 988 g/mol. The molecule has 15 rings (SSSR count). The Morgan fingerprint density at radius 2 is 0.756 bits per heavy atom. The monoisotopic (exact) mass is 1070 g/mol. The van der Waals surface area contributed by atoms with Gasteiger partial charge in [-0.15, -0.1) is 0 Å². The lowest BCUT2D eigenvalue weighted by molar-refractivity contribution is 0.588. The molecule has 0 saturated heterocycles. The third kappa shape index (κ3) is 6.77. The summed E-state index contributed by atoms with van der Waals surface area (Å²) in [5, 5.41) is 5.41. The molecule has 0 fully saturated rings. The van der Waals surface area contributed by atoms with E-state index in [4.69, 9.17) is 0 Å². The molecule has 1 spiro atoms. The van der Waals surface area contributed by atoms with Gasteiger partial charge < -0.3 is 9.13 Å². The Kier molecular flexibility index (Phi) is 10.1. The van der Waals surface area contributed by atoms with Crippen molar-refractivity contribution in [3.63, 3.8) is 0 Å². The van der Waals surface area contributed by atoms with Crippen molar-refractivity contribution in [1.29, 1.82) is 0 Å². The summed E-state index contributed by atoms with van der Waals surface area (Å²) in [5.74, 6) is 0. The van der Waals surface area contributed by atoms with Crippen molar-refractivity contribution in [2.45, 2.75) is 163 Å². The predicted octanol–water partition coefficient (Wildman–Crippen LogP) is 18.8. The van der Waals surface area contributed by atoms with Gasteiger partial charge in [0.25, 0.3) is 6.71 Å². The fourth-order valence-corrected chi connectivity index (χ4v) is 15.4. The average molecular weight is 1070 g/mol. The molecule has 82 heavy (non-hydrogen) atoms. The quantitative estimate of drug-likeness (QED) is 0.153. The first-order valence-electron chi connectivity index (χ1n) is 30.5. The molecule has 3 heteroatoms. The van der Waals surface area contributed by atoms with Crippen molar-refractivity contribution in [1.82, 2.24) is 9.13 Å². The second kappa shape index (κ2) is 16.0. The van der Waals surface area contributed by atoms with Gasteiger partial charge in [0.2, 0.25) is 0 Å². The fourth-order valence-electron chi connectivity index (χ4n) is 15.4.